The van der Waals surface area contributed by atoms with Crippen molar-refractivity contribution in [2.24, 2.45) is 0 Å². The highest BCUT2D eigenvalue weighted by Crippen LogP contribution is 2.29. The summed E-state index contributed by atoms with van der Waals surface area (Å²) in [6, 6.07) is 13.9. The number of nitrogens with zero attached hydrogens (tertiary/aromatic N) is 3. The molecule has 0 bridgehead atoms. The maximum absolute atomic E-state index is 11.3. The minimum atomic E-state index is -1.36. The molecule has 1 aliphatic heterocycles. The van der Waals surface area contributed by atoms with Gasteiger partial charge in [0.2, 0.25) is 0 Å². The molecule has 0 saturated carbocycles. The van der Waals surface area contributed by atoms with Gasteiger partial charge in [-0.3, -0.25) is 9.58 Å². The van der Waals surface area contributed by atoms with Gasteiger partial charge in [0, 0.05) is 43.3 Å². The molecule has 4 rings (SSSR count). The minimum Gasteiger partial charge on any atom is -0.494 e. The summed E-state index contributed by atoms with van der Waals surface area (Å²) in [6.45, 7) is 11.0. The van der Waals surface area contributed by atoms with E-state index < -0.39 is 11.7 Å². The molecule has 0 aliphatic carbocycles. The topological polar surface area (TPSA) is 80.0 Å². The average Bonchev–Trinajstić information content (AvgIpc) is 3.18. The Bertz CT molecular complexity index is 1190. The van der Waals surface area contributed by atoms with Crippen LogP contribution >= 0.6 is 11.6 Å². The number of β-amino-alcohol motifs (C(OH)–C–C–N with tert-alkyl or cyclic N) is 1. The fourth-order valence-corrected chi connectivity index (χ4v) is 5.03. The van der Waals surface area contributed by atoms with Gasteiger partial charge in [-0.15, -0.1) is 0 Å². The monoisotopic (exact) mass is 527 g/mol. The minimum absolute atomic E-state index is 0.00355. The van der Waals surface area contributed by atoms with Gasteiger partial charge in [0.05, 0.1) is 18.4 Å². The van der Waals surface area contributed by atoms with E-state index in [2.05, 4.69) is 29.1 Å². The number of halogens is 1. The van der Waals surface area contributed by atoms with Crippen molar-refractivity contribution in [2.75, 3.05) is 26.3 Å². The molecule has 1 saturated heterocycles. The molecule has 1 aliphatic rings. The number of aliphatic hydroxyl groups excluding tert-OH is 1. The summed E-state index contributed by atoms with van der Waals surface area (Å²) in [4.78, 5) is 2.15. The number of aryl methyl sites for hydroxylation is 5. The van der Waals surface area contributed by atoms with Crippen molar-refractivity contribution in [1.29, 1.82) is 0 Å². The summed E-state index contributed by atoms with van der Waals surface area (Å²) in [5.41, 5.74) is 3.77. The zero-order chi connectivity index (χ0) is 26.6. The van der Waals surface area contributed by atoms with E-state index in [0.717, 1.165) is 46.8 Å². The molecule has 0 unspecified atom stereocenters. The van der Waals surface area contributed by atoms with E-state index in [0.29, 0.717) is 43.4 Å². The highest BCUT2D eigenvalue weighted by Gasteiger charge is 2.42. The molecule has 200 valence electrons. The van der Waals surface area contributed by atoms with Gasteiger partial charge in [-0.25, -0.2) is 0 Å². The first kappa shape index (κ1) is 27.5. The van der Waals surface area contributed by atoms with E-state index in [-0.39, 0.29) is 6.61 Å². The SMILES string of the molecule is Cc1cc(C)n(CCCOc2cccc(CN3CC[C@H](O)[C@@](O)(COc4cc(C)c(Cl)c(C)c4)C3)c2)n1. The van der Waals surface area contributed by atoms with Crippen molar-refractivity contribution in [2.45, 2.75) is 65.3 Å². The summed E-state index contributed by atoms with van der Waals surface area (Å²) in [7, 11) is 0. The van der Waals surface area contributed by atoms with Gasteiger partial charge in [-0.05, 0) is 81.1 Å². The first-order valence-corrected chi connectivity index (χ1v) is 13.3. The number of aliphatic hydroxyl groups is 2. The zero-order valence-corrected chi connectivity index (χ0v) is 23.0. The molecule has 2 heterocycles. The molecule has 0 radical (unpaired) electrons. The molecule has 7 nitrogen and oxygen atoms in total. The molecule has 1 aromatic heterocycles. The van der Waals surface area contributed by atoms with Gasteiger partial charge in [-0.2, -0.15) is 5.10 Å². The quantitative estimate of drug-likeness (QED) is 0.375. The predicted octanol–water partition coefficient (Wildman–Crippen LogP) is 4.62. The first-order valence-electron chi connectivity index (χ1n) is 12.9. The number of hydrogen-bond acceptors (Lipinski definition) is 6. The van der Waals surface area contributed by atoms with Crippen LogP contribution in [0.2, 0.25) is 5.02 Å². The van der Waals surface area contributed by atoms with Gasteiger partial charge >= 0.3 is 0 Å². The second-order valence-corrected chi connectivity index (χ2v) is 10.7. The van der Waals surface area contributed by atoms with Crippen LogP contribution in [-0.4, -0.2) is 62.9 Å². The van der Waals surface area contributed by atoms with Crippen LogP contribution in [0.4, 0.5) is 0 Å². The maximum atomic E-state index is 11.3. The van der Waals surface area contributed by atoms with Crippen LogP contribution in [0, 0.1) is 27.7 Å². The largest absolute Gasteiger partial charge is 0.494 e. The van der Waals surface area contributed by atoms with E-state index in [1.807, 2.05) is 55.8 Å². The Hall–Kier alpha value is -2.58. The molecular formula is C29H38ClN3O4. The van der Waals surface area contributed by atoms with E-state index in [1.165, 1.54) is 0 Å². The van der Waals surface area contributed by atoms with Gasteiger partial charge in [-0.1, -0.05) is 23.7 Å². The Morgan fingerprint density at radius 3 is 2.51 bits per heavy atom. The Kier molecular flexibility index (Phi) is 8.80. The smallest absolute Gasteiger partial charge is 0.137 e. The molecule has 2 N–H and O–H groups in total. The lowest BCUT2D eigenvalue weighted by atomic mass is 9.90. The Labute approximate surface area is 224 Å². The number of hydrogen-bond donors (Lipinski definition) is 2. The zero-order valence-electron chi connectivity index (χ0n) is 22.2. The lowest BCUT2D eigenvalue weighted by molar-refractivity contribution is -0.140. The van der Waals surface area contributed by atoms with Gasteiger partial charge in [0.15, 0.2) is 0 Å². The van der Waals surface area contributed by atoms with Crippen molar-refractivity contribution >= 4 is 11.6 Å². The fraction of sp³-hybridized carbons (Fsp3) is 0.483. The van der Waals surface area contributed by atoms with Crippen LogP contribution in [0.5, 0.6) is 11.5 Å². The predicted molar refractivity (Wildman–Crippen MR) is 146 cm³/mol. The second kappa shape index (κ2) is 11.9. The third-order valence-electron chi connectivity index (χ3n) is 6.93. The number of ether oxygens (including phenoxy) is 2. The number of rotatable bonds is 10. The number of piperidine rings is 1. The lowest BCUT2D eigenvalue weighted by Crippen LogP contribution is -2.59. The van der Waals surface area contributed by atoms with Crippen molar-refractivity contribution < 1.29 is 19.7 Å². The number of likely N-dealkylation sites (tertiary alicyclic amines) is 1. The molecule has 2 atom stereocenters. The molecule has 0 spiro atoms. The van der Waals surface area contributed by atoms with Crippen LogP contribution in [-0.2, 0) is 13.1 Å². The van der Waals surface area contributed by atoms with Crippen LogP contribution in [0.25, 0.3) is 0 Å². The molecule has 2 aromatic carbocycles. The van der Waals surface area contributed by atoms with Crippen LogP contribution in [0.15, 0.2) is 42.5 Å². The molecule has 1 fully saturated rings. The van der Waals surface area contributed by atoms with Crippen molar-refractivity contribution in [3.8, 4) is 11.5 Å². The normalized spacial score (nSPS) is 20.2. The van der Waals surface area contributed by atoms with Crippen LogP contribution in [0.3, 0.4) is 0 Å². The number of aromatic nitrogens is 2. The summed E-state index contributed by atoms with van der Waals surface area (Å²) < 4.78 is 13.9. The Balaban J connectivity index is 1.30. The van der Waals surface area contributed by atoms with Gasteiger partial charge in [0.25, 0.3) is 0 Å². The standard InChI is InChI=1S/C29H38ClN3O4/c1-20-13-26(14-21(2)28(20)30)37-19-29(35)18-32(11-9-27(29)34)17-24-7-5-8-25(16-24)36-12-6-10-33-23(4)15-22(3)31-33/h5,7-8,13-16,27,34-35H,6,9-12,17-19H2,1-4H3/t27-,29-/m0/s1. The Morgan fingerprint density at radius 1 is 1.05 bits per heavy atom. The van der Waals surface area contributed by atoms with E-state index in [9.17, 15) is 10.2 Å². The summed E-state index contributed by atoms with van der Waals surface area (Å²) in [5, 5.41) is 27.1. The van der Waals surface area contributed by atoms with E-state index >= 15 is 0 Å². The number of benzene rings is 2. The molecule has 8 heteroatoms. The third kappa shape index (κ3) is 7.05. The van der Waals surface area contributed by atoms with Crippen LogP contribution < -0.4 is 9.47 Å². The second-order valence-electron chi connectivity index (χ2n) is 10.3. The van der Waals surface area contributed by atoms with E-state index in [4.69, 9.17) is 21.1 Å². The molecular weight excluding hydrogens is 490 g/mol. The van der Waals surface area contributed by atoms with Crippen molar-refractivity contribution in [3.05, 3.63) is 75.6 Å². The van der Waals surface area contributed by atoms with Crippen molar-refractivity contribution in [3.63, 3.8) is 0 Å². The summed E-state index contributed by atoms with van der Waals surface area (Å²) >= 11 is 6.26. The lowest BCUT2D eigenvalue weighted by Gasteiger charge is -2.42. The van der Waals surface area contributed by atoms with Gasteiger partial charge < -0.3 is 19.7 Å². The average molecular weight is 528 g/mol. The van der Waals surface area contributed by atoms with Crippen molar-refractivity contribution in [1.82, 2.24) is 14.7 Å². The molecule has 0 amide bonds. The fourth-order valence-electron chi connectivity index (χ4n) is 4.92. The third-order valence-corrected chi connectivity index (χ3v) is 7.52. The highest BCUT2D eigenvalue weighted by atomic mass is 35.5. The Morgan fingerprint density at radius 2 is 1.81 bits per heavy atom. The van der Waals surface area contributed by atoms with Crippen LogP contribution in [0.1, 0.15) is 40.9 Å². The van der Waals surface area contributed by atoms with Gasteiger partial charge in [0.1, 0.15) is 23.7 Å². The first-order chi connectivity index (χ1) is 17.6. The molecule has 37 heavy (non-hydrogen) atoms. The molecule has 3 aromatic rings. The summed E-state index contributed by atoms with van der Waals surface area (Å²) in [5.74, 6) is 1.47. The highest BCUT2D eigenvalue weighted by molar-refractivity contribution is 6.32. The summed E-state index contributed by atoms with van der Waals surface area (Å²) in [6.07, 6.45) is 0.492. The maximum Gasteiger partial charge on any atom is 0.137 e. The van der Waals surface area contributed by atoms with E-state index in [1.54, 1.807) is 0 Å².